The van der Waals surface area contributed by atoms with E-state index in [1.54, 1.807) is 0 Å². The molecule has 26 heavy (non-hydrogen) atoms. The van der Waals surface area contributed by atoms with E-state index in [1.807, 2.05) is 93.6 Å². The summed E-state index contributed by atoms with van der Waals surface area (Å²) in [5.74, 6) is 2.28. The summed E-state index contributed by atoms with van der Waals surface area (Å²) in [7, 11) is -1.64. The fourth-order valence-corrected chi connectivity index (χ4v) is 3.48. The molecule has 0 bridgehead atoms. The molecule has 0 aliphatic rings. The van der Waals surface area contributed by atoms with Gasteiger partial charge < -0.3 is 13.6 Å². The topological polar surface area (TPSA) is 27.7 Å². The Balaban J connectivity index is 0.00000243. The summed E-state index contributed by atoms with van der Waals surface area (Å²) >= 11 is 0. The monoisotopic (exact) mass is 438 g/mol. The van der Waals surface area contributed by atoms with Crippen molar-refractivity contribution < 1.29 is 13.6 Å². The molecule has 3 aromatic rings. The van der Waals surface area contributed by atoms with E-state index in [0.717, 1.165) is 33.9 Å². The molecule has 0 aromatic heterocycles. The van der Waals surface area contributed by atoms with E-state index in [2.05, 4.69) is 0 Å². The fourth-order valence-electron chi connectivity index (χ4n) is 2.27. The number of hydrogen-bond acceptors (Lipinski definition) is 3. The molecule has 0 saturated carbocycles. The average Bonchev–Trinajstić information content (AvgIpc) is 2.61. The van der Waals surface area contributed by atoms with Crippen molar-refractivity contribution in [2.45, 2.75) is 20.8 Å². The van der Waals surface area contributed by atoms with Gasteiger partial charge in [-0.3, -0.25) is 0 Å². The molecule has 0 atom stereocenters. The van der Waals surface area contributed by atoms with Gasteiger partial charge in [0.2, 0.25) is 0 Å². The van der Waals surface area contributed by atoms with Crippen LogP contribution in [0.2, 0.25) is 0 Å². The second-order valence-electron chi connectivity index (χ2n) is 5.79. The van der Waals surface area contributed by atoms with Gasteiger partial charge in [0.15, 0.2) is 0 Å². The van der Waals surface area contributed by atoms with Gasteiger partial charge in [-0.25, -0.2) is 0 Å². The van der Waals surface area contributed by atoms with Crippen LogP contribution in [-0.2, 0) is 0 Å². The maximum absolute atomic E-state index is 6.08. The molecule has 0 heterocycles. The summed E-state index contributed by atoms with van der Waals surface area (Å²) in [5.41, 5.74) is 3.12. The Morgan fingerprint density at radius 2 is 0.769 bits per heavy atom. The summed E-state index contributed by atoms with van der Waals surface area (Å²) < 4.78 is 18.3. The van der Waals surface area contributed by atoms with E-state index in [0.29, 0.717) is 0 Å². The summed E-state index contributed by atoms with van der Waals surface area (Å²) in [4.78, 5) is 0. The first-order chi connectivity index (χ1) is 12.1. The second kappa shape index (κ2) is 10.6. The third-order valence-corrected chi connectivity index (χ3v) is 4.84. The zero-order valence-electron chi connectivity index (χ0n) is 14.6. The van der Waals surface area contributed by atoms with Crippen LogP contribution >= 0.6 is 8.60 Å². The normalized spacial score (nSPS) is 10.2. The summed E-state index contributed by atoms with van der Waals surface area (Å²) in [6, 6.07) is 23.6. The molecule has 3 rings (SSSR count). The maximum atomic E-state index is 6.08. The van der Waals surface area contributed by atoms with E-state index < -0.39 is 8.60 Å². The molecule has 0 radical (unpaired) electrons. The second-order valence-corrected chi connectivity index (χ2v) is 6.79. The average molecular weight is 439 g/mol. The first-order valence-electron chi connectivity index (χ1n) is 8.14. The van der Waals surface area contributed by atoms with Crippen molar-refractivity contribution in [3.8, 4) is 17.2 Å². The van der Waals surface area contributed by atoms with E-state index in [-0.39, 0.29) is 58.2 Å². The van der Waals surface area contributed by atoms with Crippen molar-refractivity contribution in [3.05, 3.63) is 89.5 Å². The van der Waals surface area contributed by atoms with Gasteiger partial charge in [0.1, 0.15) is 17.2 Å². The summed E-state index contributed by atoms with van der Waals surface area (Å²) in [6.07, 6.45) is 0. The Hall–Kier alpha value is -0.705. The van der Waals surface area contributed by atoms with Crippen molar-refractivity contribution in [2.75, 3.05) is 0 Å². The Morgan fingerprint density at radius 1 is 0.500 bits per heavy atom. The van der Waals surface area contributed by atoms with Gasteiger partial charge in [0.25, 0.3) is 0 Å². The van der Waals surface area contributed by atoms with Gasteiger partial charge in [-0.05, 0) is 55.7 Å². The number of aryl methyl sites for hydroxylation is 3. The van der Waals surface area contributed by atoms with Gasteiger partial charge in [-0.15, -0.1) is 0 Å². The van der Waals surface area contributed by atoms with Crippen LogP contribution in [0.15, 0.2) is 72.8 Å². The molecular weight excluding hydrogens is 417 g/mol. The van der Waals surface area contributed by atoms with Gasteiger partial charge in [-0.1, -0.05) is 54.6 Å². The summed E-state index contributed by atoms with van der Waals surface area (Å²) in [6.45, 7) is 6.01. The molecule has 3 nitrogen and oxygen atoms in total. The number of hydrogen-bond donors (Lipinski definition) is 0. The van der Waals surface area contributed by atoms with Crippen LogP contribution in [-0.4, -0.2) is 58.2 Å². The van der Waals surface area contributed by atoms with Gasteiger partial charge in [-0.2, -0.15) is 0 Å². The van der Waals surface area contributed by atoms with Crippen molar-refractivity contribution in [3.63, 3.8) is 0 Å². The van der Waals surface area contributed by atoms with Crippen LogP contribution in [0.4, 0.5) is 0 Å². The van der Waals surface area contributed by atoms with Crippen LogP contribution < -0.4 is 13.6 Å². The van der Waals surface area contributed by atoms with Crippen LogP contribution in [0.3, 0.4) is 0 Å². The molecular formula is C21H22O3PRb. The zero-order valence-corrected chi connectivity index (χ0v) is 15.5. The van der Waals surface area contributed by atoms with E-state index in [9.17, 15) is 0 Å². The van der Waals surface area contributed by atoms with Gasteiger partial charge in [0, 0.05) is 0 Å². The SMILES string of the molecule is Cc1ccccc1OP(Oc1ccccc1C)Oc1ccccc1C.[RbH]. The summed E-state index contributed by atoms with van der Waals surface area (Å²) in [5, 5.41) is 0. The standard InChI is InChI=1S/C21H21O3P.Rb.H/c1-16-10-4-7-13-19(16)22-25(23-20-14-8-5-11-17(20)2)24-21-15-9-6-12-18(21)3;;/h4-15H,1-3H3;;. The molecule has 0 unspecified atom stereocenters. The molecule has 0 aliphatic carbocycles. The number of para-hydroxylation sites is 3. The molecule has 3 aromatic carbocycles. The third kappa shape index (κ3) is 5.90. The Morgan fingerprint density at radius 3 is 1.04 bits per heavy atom. The van der Waals surface area contributed by atoms with Crippen LogP contribution in [0.25, 0.3) is 0 Å². The van der Waals surface area contributed by atoms with Crippen LogP contribution in [0.5, 0.6) is 17.2 Å². The predicted octanol–water partition coefficient (Wildman–Crippen LogP) is 5.73. The first kappa shape index (κ1) is 21.6. The molecule has 0 spiro atoms. The van der Waals surface area contributed by atoms with E-state index >= 15 is 0 Å². The predicted molar refractivity (Wildman–Crippen MR) is 109 cm³/mol. The minimum atomic E-state index is -1.64. The number of rotatable bonds is 6. The Bertz CT molecular complexity index is 741. The van der Waals surface area contributed by atoms with Crippen molar-refractivity contribution >= 4 is 66.8 Å². The zero-order chi connectivity index (χ0) is 17.6. The molecule has 0 amide bonds. The fraction of sp³-hybridized carbons (Fsp3) is 0.143. The molecule has 0 N–H and O–H groups in total. The van der Waals surface area contributed by atoms with Gasteiger partial charge >= 0.3 is 66.8 Å². The molecule has 0 saturated heterocycles. The van der Waals surface area contributed by atoms with Crippen LogP contribution in [0, 0.1) is 20.8 Å². The van der Waals surface area contributed by atoms with Crippen LogP contribution in [0.1, 0.15) is 16.7 Å². The first-order valence-corrected chi connectivity index (χ1v) is 9.24. The Labute approximate surface area is 205 Å². The van der Waals surface area contributed by atoms with Gasteiger partial charge in [0.05, 0.1) is 0 Å². The van der Waals surface area contributed by atoms with E-state index in [4.69, 9.17) is 13.6 Å². The van der Waals surface area contributed by atoms with E-state index in [1.165, 1.54) is 0 Å². The third-order valence-electron chi connectivity index (χ3n) is 3.80. The molecule has 0 fully saturated rings. The number of benzene rings is 3. The molecule has 130 valence electrons. The van der Waals surface area contributed by atoms with Crippen molar-refractivity contribution in [1.82, 2.24) is 0 Å². The molecule has 5 heteroatoms. The van der Waals surface area contributed by atoms with Crippen molar-refractivity contribution in [2.24, 2.45) is 0 Å². The molecule has 0 aliphatic heterocycles. The minimum absolute atomic E-state index is 0. The quantitative estimate of drug-likeness (QED) is 0.460. The Kier molecular flexibility index (Phi) is 8.79. The van der Waals surface area contributed by atoms with Crippen molar-refractivity contribution in [1.29, 1.82) is 0 Å².